The van der Waals surface area contributed by atoms with Crippen LogP contribution in [0, 0.1) is 6.92 Å². The van der Waals surface area contributed by atoms with Crippen molar-refractivity contribution >= 4 is 10.1 Å². The summed E-state index contributed by atoms with van der Waals surface area (Å²) in [6.45, 7) is 1.19. The molecule has 0 aliphatic carbocycles. The van der Waals surface area contributed by atoms with Gasteiger partial charge in [-0.2, -0.15) is 26.7 Å². The molecule has 0 atom stereocenters. The Morgan fingerprint density at radius 1 is 1.22 bits per heavy atom. The second-order valence-corrected chi connectivity index (χ2v) is 6.13. The summed E-state index contributed by atoms with van der Waals surface area (Å²) >= 11 is 0. The van der Waals surface area contributed by atoms with Crippen molar-refractivity contribution < 1.29 is 25.8 Å². The van der Waals surface area contributed by atoms with Crippen molar-refractivity contribution in [3.63, 3.8) is 0 Å². The van der Waals surface area contributed by atoms with Crippen molar-refractivity contribution in [1.82, 2.24) is 9.78 Å². The predicted molar refractivity (Wildman–Crippen MR) is 74.4 cm³/mol. The monoisotopic (exact) mass is 348 g/mol. The number of nitrogens with zero attached hydrogens (tertiary/aromatic N) is 2. The lowest BCUT2D eigenvalue weighted by Crippen LogP contribution is -2.33. The fourth-order valence-corrected chi connectivity index (χ4v) is 2.20. The summed E-state index contributed by atoms with van der Waals surface area (Å²) in [6.07, 6.45) is 1.06. The van der Waals surface area contributed by atoms with Gasteiger partial charge in [0, 0.05) is 5.56 Å². The van der Waals surface area contributed by atoms with E-state index in [0.29, 0.717) is 5.56 Å². The molecule has 0 amide bonds. The number of alkyl halides is 3. The minimum atomic E-state index is -5.93. The molecule has 0 bridgehead atoms. The van der Waals surface area contributed by atoms with Crippen molar-refractivity contribution in [1.29, 1.82) is 0 Å². The molecule has 2 aromatic rings. The minimum Gasteiger partial charge on any atom is -0.370 e. The van der Waals surface area contributed by atoms with Gasteiger partial charge in [-0.3, -0.25) is 4.79 Å². The molecule has 1 heterocycles. The molecule has 0 aliphatic rings. The van der Waals surface area contributed by atoms with Crippen LogP contribution in [-0.2, 0) is 16.7 Å². The van der Waals surface area contributed by atoms with E-state index in [-0.39, 0.29) is 12.1 Å². The fourth-order valence-electron chi connectivity index (χ4n) is 1.68. The third kappa shape index (κ3) is 3.70. The lowest BCUT2D eigenvalue weighted by atomic mass is 10.2. The zero-order valence-electron chi connectivity index (χ0n) is 11.7. The third-order valence-electron chi connectivity index (χ3n) is 2.83. The second kappa shape index (κ2) is 6.03. The van der Waals surface area contributed by atoms with E-state index in [4.69, 9.17) is 0 Å². The highest BCUT2D eigenvalue weighted by Crippen LogP contribution is 2.26. The first kappa shape index (κ1) is 17.0. The molecule has 0 spiro atoms. The van der Waals surface area contributed by atoms with Crippen LogP contribution in [-0.4, -0.2) is 23.7 Å². The molecule has 6 nitrogen and oxygen atoms in total. The van der Waals surface area contributed by atoms with E-state index in [0.717, 1.165) is 10.9 Å². The van der Waals surface area contributed by atoms with Crippen LogP contribution in [0.4, 0.5) is 13.2 Å². The average Bonchev–Trinajstić information content (AvgIpc) is 2.46. The maximum absolute atomic E-state index is 12.4. The van der Waals surface area contributed by atoms with Crippen LogP contribution in [0.5, 0.6) is 5.75 Å². The van der Waals surface area contributed by atoms with E-state index >= 15 is 0 Å². The third-order valence-corrected chi connectivity index (χ3v) is 3.78. The Labute approximate surface area is 129 Å². The van der Waals surface area contributed by atoms with Gasteiger partial charge in [-0.1, -0.05) is 30.3 Å². The first-order valence-corrected chi connectivity index (χ1v) is 7.64. The van der Waals surface area contributed by atoms with Crippen molar-refractivity contribution in [3.05, 3.63) is 58.0 Å². The predicted octanol–water partition coefficient (Wildman–Crippen LogP) is 1.83. The molecule has 124 valence electrons. The van der Waals surface area contributed by atoms with Crippen LogP contribution in [0.15, 0.2) is 41.3 Å². The Morgan fingerprint density at radius 2 is 1.83 bits per heavy atom. The van der Waals surface area contributed by atoms with Crippen molar-refractivity contribution in [2.45, 2.75) is 19.0 Å². The number of aryl methyl sites for hydroxylation is 1. The second-order valence-electron chi connectivity index (χ2n) is 4.59. The molecule has 0 aliphatic heterocycles. The summed E-state index contributed by atoms with van der Waals surface area (Å²) in [7, 11) is -5.93. The van der Waals surface area contributed by atoms with E-state index in [1.54, 1.807) is 30.3 Å². The Bertz CT molecular complexity index is 861. The number of aromatic nitrogens is 2. The molecule has 0 saturated heterocycles. The Morgan fingerprint density at radius 3 is 2.39 bits per heavy atom. The minimum absolute atomic E-state index is 0.0393. The number of rotatable bonds is 4. The molecule has 1 aromatic heterocycles. The number of hydrogen-bond acceptors (Lipinski definition) is 5. The molecular formula is C13H11F3N2O4S. The lowest BCUT2D eigenvalue weighted by molar-refractivity contribution is -0.0500. The average molecular weight is 348 g/mol. The first-order chi connectivity index (χ1) is 10.6. The molecule has 10 heteroatoms. The van der Waals surface area contributed by atoms with Gasteiger partial charge < -0.3 is 4.18 Å². The molecule has 23 heavy (non-hydrogen) atoms. The zero-order valence-corrected chi connectivity index (χ0v) is 12.6. The van der Waals surface area contributed by atoms with Crippen LogP contribution in [0.2, 0.25) is 0 Å². The van der Waals surface area contributed by atoms with Gasteiger partial charge in [0.15, 0.2) is 0 Å². The molecule has 2 rings (SSSR count). The molecule has 0 radical (unpaired) electrons. The van der Waals surface area contributed by atoms with E-state index in [1.165, 1.54) is 6.92 Å². The van der Waals surface area contributed by atoms with Crippen LogP contribution in [0.25, 0.3) is 0 Å². The maximum atomic E-state index is 12.4. The zero-order chi connectivity index (χ0) is 17.3. The van der Waals surface area contributed by atoms with E-state index < -0.39 is 26.9 Å². The van der Waals surface area contributed by atoms with Gasteiger partial charge in [0.05, 0.1) is 12.7 Å². The van der Waals surface area contributed by atoms with Gasteiger partial charge in [0.2, 0.25) is 5.75 Å². The maximum Gasteiger partial charge on any atom is 0.534 e. The Balaban J connectivity index is 2.42. The molecule has 0 N–H and O–H groups in total. The Kier molecular flexibility index (Phi) is 4.46. The molecule has 1 aromatic carbocycles. The van der Waals surface area contributed by atoms with Gasteiger partial charge >= 0.3 is 21.2 Å². The lowest BCUT2D eigenvalue weighted by Gasteiger charge is -2.12. The number of hydrogen-bond donors (Lipinski definition) is 0. The standard InChI is InChI=1S/C13H11F3N2O4S/c1-9-7-17-18(8-10-5-3-2-4-6-10)12(19)11(9)22-23(20,21)13(14,15)16/h2-7H,8H2,1H3. The van der Waals surface area contributed by atoms with Crippen molar-refractivity contribution in [2.24, 2.45) is 0 Å². The van der Waals surface area contributed by atoms with Crippen LogP contribution in [0.1, 0.15) is 11.1 Å². The summed E-state index contributed by atoms with van der Waals surface area (Å²) < 4.78 is 64.1. The largest absolute Gasteiger partial charge is 0.534 e. The number of benzene rings is 1. The first-order valence-electron chi connectivity index (χ1n) is 6.23. The highest BCUT2D eigenvalue weighted by Gasteiger charge is 2.49. The smallest absolute Gasteiger partial charge is 0.370 e. The van der Waals surface area contributed by atoms with Gasteiger partial charge in [-0.05, 0) is 12.5 Å². The highest BCUT2D eigenvalue weighted by molar-refractivity contribution is 7.88. The molecule has 0 fully saturated rings. The van der Waals surface area contributed by atoms with Crippen molar-refractivity contribution in [2.75, 3.05) is 0 Å². The summed E-state index contributed by atoms with van der Waals surface area (Å²) in [5.41, 5.74) is -6.15. The summed E-state index contributed by atoms with van der Waals surface area (Å²) in [4.78, 5) is 12.1. The van der Waals surface area contributed by atoms with E-state index in [9.17, 15) is 26.4 Å². The van der Waals surface area contributed by atoms with Gasteiger partial charge in [-0.25, -0.2) is 4.68 Å². The molecule has 0 saturated carbocycles. The normalized spacial score (nSPS) is 12.2. The van der Waals surface area contributed by atoms with Crippen LogP contribution < -0.4 is 9.74 Å². The van der Waals surface area contributed by atoms with Crippen LogP contribution in [0.3, 0.4) is 0 Å². The highest BCUT2D eigenvalue weighted by atomic mass is 32.2. The van der Waals surface area contributed by atoms with Gasteiger partial charge in [0.1, 0.15) is 0 Å². The number of halogens is 3. The van der Waals surface area contributed by atoms with Gasteiger partial charge in [-0.15, -0.1) is 0 Å². The molecule has 0 unspecified atom stereocenters. The van der Waals surface area contributed by atoms with Gasteiger partial charge in [0.25, 0.3) is 0 Å². The van der Waals surface area contributed by atoms with Crippen LogP contribution >= 0.6 is 0 Å². The molecular weight excluding hydrogens is 337 g/mol. The Hall–Kier alpha value is -2.36. The summed E-state index contributed by atoms with van der Waals surface area (Å²) in [6, 6.07) is 8.53. The van der Waals surface area contributed by atoms with E-state index in [1.807, 2.05) is 0 Å². The van der Waals surface area contributed by atoms with E-state index in [2.05, 4.69) is 9.28 Å². The fraction of sp³-hybridized carbons (Fsp3) is 0.231. The topological polar surface area (TPSA) is 78.3 Å². The SMILES string of the molecule is Cc1cnn(Cc2ccccc2)c(=O)c1OS(=O)(=O)C(F)(F)F. The summed E-state index contributed by atoms with van der Waals surface area (Å²) in [5, 5.41) is 3.77. The quantitative estimate of drug-likeness (QED) is 0.622. The summed E-state index contributed by atoms with van der Waals surface area (Å²) in [5.74, 6) is -0.923. The van der Waals surface area contributed by atoms with Crippen molar-refractivity contribution in [3.8, 4) is 5.75 Å².